The minimum absolute atomic E-state index is 0.0241. The molecule has 78 valence electrons. The minimum atomic E-state index is -0.105. The van der Waals surface area contributed by atoms with Gasteiger partial charge in [0.05, 0.1) is 13.0 Å². The van der Waals surface area contributed by atoms with Gasteiger partial charge in [-0.15, -0.1) is 0 Å². The summed E-state index contributed by atoms with van der Waals surface area (Å²) in [6.45, 7) is 2.02. The first-order valence-corrected chi connectivity index (χ1v) is 5.13. The average molecular weight is 194 g/mol. The van der Waals surface area contributed by atoms with E-state index < -0.39 is 0 Å². The van der Waals surface area contributed by atoms with Crippen molar-refractivity contribution in [3.05, 3.63) is 24.3 Å². The first-order valence-electron chi connectivity index (χ1n) is 5.13. The molecule has 0 amide bonds. The third kappa shape index (κ3) is 3.02. The van der Waals surface area contributed by atoms with E-state index in [2.05, 4.69) is 18.2 Å². The Morgan fingerprint density at radius 2 is 2.43 bits per heavy atom. The molecular formula is C12H18O2. The Morgan fingerprint density at radius 3 is 3.07 bits per heavy atom. The number of allylic oxidation sites excluding steroid dienone is 3. The van der Waals surface area contributed by atoms with Crippen LogP contribution in [0.4, 0.5) is 0 Å². The number of hydrogen-bond donors (Lipinski definition) is 0. The Bertz CT molecular complexity index is 241. The summed E-state index contributed by atoms with van der Waals surface area (Å²) in [5.41, 5.74) is 0. The summed E-state index contributed by atoms with van der Waals surface area (Å²) in [5, 5.41) is 0. The lowest BCUT2D eigenvalue weighted by Gasteiger charge is -2.21. The molecule has 1 aliphatic rings. The molecule has 0 aromatic heterocycles. The summed E-state index contributed by atoms with van der Waals surface area (Å²) < 4.78 is 4.73. The van der Waals surface area contributed by atoms with E-state index in [0.29, 0.717) is 5.92 Å². The highest BCUT2D eigenvalue weighted by Gasteiger charge is 2.23. The number of methoxy groups -OCH3 is 1. The fourth-order valence-corrected chi connectivity index (χ4v) is 1.82. The van der Waals surface area contributed by atoms with Gasteiger partial charge >= 0.3 is 5.97 Å². The number of esters is 1. The van der Waals surface area contributed by atoms with Gasteiger partial charge in [0.25, 0.3) is 0 Å². The molecule has 0 spiro atoms. The molecule has 0 N–H and O–H groups in total. The summed E-state index contributed by atoms with van der Waals surface area (Å²) in [4.78, 5) is 11.3. The first kappa shape index (κ1) is 11.0. The molecule has 0 aliphatic heterocycles. The summed E-state index contributed by atoms with van der Waals surface area (Å²) in [6.07, 6.45) is 11.4. The Kier molecular flexibility index (Phi) is 4.44. The van der Waals surface area contributed by atoms with E-state index in [1.54, 1.807) is 0 Å². The molecule has 0 saturated heterocycles. The van der Waals surface area contributed by atoms with Crippen molar-refractivity contribution in [2.24, 2.45) is 11.8 Å². The van der Waals surface area contributed by atoms with Crippen LogP contribution >= 0.6 is 0 Å². The molecule has 0 aromatic carbocycles. The lowest BCUT2D eigenvalue weighted by atomic mass is 9.84. The van der Waals surface area contributed by atoms with Crippen molar-refractivity contribution in [3.8, 4) is 0 Å². The second-order valence-electron chi connectivity index (χ2n) is 3.70. The second kappa shape index (κ2) is 5.63. The monoisotopic (exact) mass is 194 g/mol. The number of carbonyl (C=O) groups is 1. The van der Waals surface area contributed by atoms with E-state index in [-0.39, 0.29) is 11.9 Å². The number of rotatable bonds is 3. The van der Waals surface area contributed by atoms with E-state index in [1.165, 1.54) is 7.11 Å². The fraction of sp³-hybridized carbons (Fsp3) is 0.583. The minimum Gasteiger partial charge on any atom is -0.469 e. The predicted molar refractivity (Wildman–Crippen MR) is 56.8 cm³/mol. The van der Waals surface area contributed by atoms with Crippen LogP contribution in [0, 0.1) is 11.8 Å². The van der Waals surface area contributed by atoms with Gasteiger partial charge in [0.15, 0.2) is 0 Å². The van der Waals surface area contributed by atoms with Crippen LogP contribution in [-0.4, -0.2) is 13.1 Å². The van der Waals surface area contributed by atoms with E-state index in [4.69, 9.17) is 4.74 Å². The van der Waals surface area contributed by atoms with Gasteiger partial charge in [-0.3, -0.25) is 4.79 Å². The fourth-order valence-electron chi connectivity index (χ4n) is 1.82. The first-order chi connectivity index (χ1) is 6.77. The third-order valence-electron chi connectivity index (χ3n) is 2.63. The van der Waals surface area contributed by atoms with Crippen LogP contribution < -0.4 is 0 Å². The van der Waals surface area contributed by atoms with E-state index in [9.17, 15) is 4.79 Å². The van der Waals surface area contributed by atoms with Crippen LogP contribution in [0.15, 0.2) is 24.3 Å². The molecule has 0 saturated carbocycles. The van der Waals surface area contributed by atoms with Gasteiger partial charge in [0.2, 0.25) is 0 Å². The van der Waals surface area contributed by atoms with Gasteiger partial charge in [0, 0.05) is 0 Å². The van der Waals surface area contributed by atoms with Crippen LogP contribution in [-0.2, 0) is 9.53 Å². The Labute approximate surface area is 85.6 Å². The molecule has 0 bridgehead atoms. The molecule has 0 aromatic rings. The molecule has 0 heterocycles. The van der Waals surface area contributed by atoms with Crippen LogP contribution in [0.3, 0.4) is 0 Å². The van der Waals surface area contributed by atoms with Crippen molar-refractivity contribution in [1.29, 1.82) is 0 Å². The normalized spacial score (nSPS) is 26.7. The Hall–Kier alpha value is -1.05. The standard InChI is InChI=1S/C12H18O2/c1-3-4-6-10-7-5-8-11(9-10)12(13)14-2/h3-5,8,10-11H,6-7,9H2,1-2H3. The second-order valence-corrected chi connectivity index (χ2v) is 3.70. The van der Waals surface area contributed by atoms with Crippen molar-refractivity contribution < 1.29 is 9.53 Å². The van der Waals surface area contributed by atoms with Crippen molar-refractivity contribution >= 4 is 5.97 Å². The summed E-state index contributed by atoms with van der Waals surface area (Å²) in [7, 11) is 1.45. The van der Waals surface area contributed by atoms with Gasteiger partial charge in [-0.25, -0.2) is 0 Å². The van der Waals surface area contributed by atoms with Crippen molar-refractivity contribution in [2.45, 2.75) is 26.2 Å². The van der Waals surface area contributed by atoms with E-state index >= 15 is 0 Å². The number of hydrogen-bond acceptors (Lipinski definition) is 2. The van der Waals surface area contributed by atoms with Crippen molar-refractivity contribution in [3.63, 3.8) is 0 Å². The molecule has 2 atom stereocenters. The summed E-state index contributed by atoms with van der Waals surface area (Å²) in [5.74, 6) is 0.468. The molecule has 2 unspecified atom stereocenters. The Balaban J connectivity index is 2.47. The van der Waals surface area contributed by atoms with Crippen molar-refractivity contribution in [1.82, 2.24) is 0 Å². The molecule has 14 heavy (non-hydrogen) atoms. The SMILES string of the molecule is CC=CCC1CC=CC(C(=O)OC)C1. The lowest BCUT2D eigenvalue weighted by molar-refractivity contribution is -0.144. The van der Waals surface area contributed by atoms with Gasteiger partial charge < -0.3 is 4.74 Å². The largest absolute Gasteiger partial charge is 0.469 e. The maximum absolute atomic E-state index is 11.3. The molecule has 2 heteroatoms. The number of ether oxygens (including phenoxy) is 1. The molecule has 1 rings (SSSR count). The van der Waals surface area contributed by atoms with Gasteiger partial charge in [-0.05, 0) is 32.1 Å². The highest BCUT2D eigenvalue weighted by atomic mass is 16.5. The van der Waals surface area contributed by atoms with Crippen LogP contribution in [0.5, 0.6) is 0 Å². The van der Waals surface area contributed by atoms with Crippen LogP contribution in [0.1, 0.15) is 26.2 Å². The highest BCUT2D eigenvalue weighted by Crippen LogP contribution is 2.27. The highest BCUT2D eigenvalue weighted by molar-refractivity contribution is 5.74. The molecule has 2 nitrogen and oxygen atoms in total. The van der Waals surface area contributed by atoms with Gasteiger partial charge in [0.1, 0.15) is 0 Å². The average Bonchev–Trinajstić information content (AvgIpc) is 2.25. The quantitative estimate of drug-likeness (QED) is 0.510. The van der Waals surface area contributed by atoms with Crippen molar-refractivity contribution in [2.75, 3.05) is 7.11 Å². The maximum atomic E-state index is 11.3. The Morgan fingerprint density at radius 1 is 1.64 bits per heavy atom. The topological polar surface area (TPSA) is 26.3 Å². The van der Waals surface area contributed by atoms with E-state index in [1.807, 2.05) is 13.0 Å². The zero-order chi connectivity index (χ0) is 10.4. The summed E-state index contributed by atoms with van der Waals surface area (Å²) in [6, 6.07) is 0. The molecular weight excluding hydrogens is 176 g/mol. The zero-order valence-electron chi connectivity index (χ0n) is 8.90. The third-order valence-corrected chi connectivity index (χ3v) is 2.63. The van der Waals surface area contributed by atoms with Gasteiger partial charge in [-0.2, -0.15) is 0 Å². The summed E-state index contributed by atoms with van der Waals surface area (Å²) >= 11 is 0. The molecule has 0 radical (unpaired) electrons. The molecule has 1 aliphatic carbocycles. The maximum Gasteiger partial charge on any atom is 0.312 e. The van der Waals surface area contributed by atoms with Crippen LogP contribution in [0.25, 0.3) is 0 Å². The predicted octanol–water partition coefficient (Wildman–Crippen LogP) is 2.71. The number of carbonyl (C=O) groups excluding carboxylic acids is 1. The van der Waals surface area contributed by atoms with E-state index in [0.717, 1.165) is 19.3 Å². The zero-order valence-corrected chi connectivity index (χ0v) is 8.90. The molecule has 0 fully saturated rings. The van der Waals surface area contributed by atoms with Crippen LogP contribution in [0.2, 0.25) is 0 Å². The van der Waals surface area contributed by atoms with Gasteiger partial charge in [-0.1, -0.05) is 24.3 Å². The lowest BCUT2D eigenvalue weighted by Crippen LogP contribution is -2.20. The smallest absolute Gasteiger partial charge is 0.312 e.